The van der Waals surface area contributed by atoms with E-state index in [0.29, 0.717) is 12.6 Å². The maximum atomic E-state index is 11.1. The zero-order valence-corrected chi connectivity index (χ0v) is 7.80. The number of esters is 1. The number of hydrogen-bond donors (Lipinski definition) is 1. The lowest BCUT2D eigenvalue weighted by molar-refractivity contribution is -0.147. The summed E-state index contributed by atoms with van der Waals surface area (Å²) < 4.78 is 4.88. The van der Waals surface area contributed by atoms with Crippen LogP contribution in [-0.4, -0.2) is 25.2 Å². The van der Waals surface area contributed by atoms with Crippen LogP contribution in [0.4, 0.5) is 0 Å². The molecule has 1 rings (SSSR count). The average molecular weight is 171 g/mol. The van der Waals surface area contributed by atoms with Crippen LogP contribution < -0.4 is 5.32 Å². The summed E-state index contributed by atoms with van der Waals surface area (Å²) in [6.45, 7) is 4.96. The van der Waals surface area contributed by atoms with Crippen molar-refractivity contribution in [1.29, 1.82) is 0 Å². The first-order valence-electron chi connectivity index (χ1n) is 4.64. The molecule has 1 N–H and O–H groups in total. The van der Waals surface area contributed by atoms with Crippen LogP contribution in [0.25, 0.3) is 0 Å². The summed E-state index contributed by atoms with van der Waals surface area (Å²) in [6.07, 6.45) is 2.52. The molecule has 0 amide bonds. The van der Waals surface area contributed by atoms with Crippen LogP contribution in [0.5, 0.6) is 0 Å². The Hall–Kier alpha value is -0.570. The standard InChI is InChI=1S/C9H17NO2/c1-3-12-9(11)7(2)6-10-8-4-5-8/h7-8,10H,3-6H2,1-2H3/t7-/m0/s1. The van der Waals surface area contributed by atoms with Crippen molar-refractivity contribution in [3.05, 3.63) is 0 Å². The van der Waals surface area contributed by atoms with Gasteiger partial charge in [0.15, 0.2) is 0 Å². The van der Waals surface area contributed by atoms with Crippen molar-refractivity contribution < 1.29 is 9.53 Å². The third kappa shape index (κ3) is 3.22. The molecule has 1 atom stereocenters. The second kappa shape index (κ2) is 4.45. The molecule has 0 radical (unpaired) electrons. The molecule has 1 aliphatic rings. The second-order valence-corrected chi connectivity index (χ2v) is 3.34. The van der Waals surface area contributed by atoms with Crippen molar-refractivity contribution in [2.75, 3.05) is 13.2 Å². The van der Waals surface area contributed by atoms with E-state index in [2.05, 4.69) is 5.32 Å². The Morgan fingerprint density at radius 2 is 2.33 bits per heavy atom. The highest BCUT2D eigenvalue weighted by molar-refractivity contribution is 5.72. The van der Waals surface area contributed by atoms with Crippen molar-refractivity contribution in [3.63, 3.8) is 0 Å². The number of carbonyl (C=O) groups is 1. The molecule has 0 unspecified atom stereocenters. The van der Waals surface area contributed by atoms with E-state index >= 15 is 0 Å². The third-order valence-electron chi connectivity index (χ3n) is 1.98. The van der Waals surface area contributed by atoms with Gasteiger partial charge < -0.3 is 10.1 Å². The lowest BCUT2D eigenvalue weighted by atomic mass is 10.2. The van der Waals surface area contributed by atoms with Crippen molar-refractivity contribution in [1.82, 2.24) is 5.32 Å². The van der Waals surface area contributed by atoms with Crippen LogP contribution in [0.2, 0.25) is 0 Å². The maximum Gasteiger partial charge on any atom is 0.309 e. The summed E-state index contributed by atoms with van der Waals surface area (Å²) in [6, 6.07) is 0.668. The summed E-state index contributed by atoms with van der Waals surface area (Å²) >= 11 is 0. The molecular formula is C9H17NO2. The average Bonchev–Trinajstić information content (AvgIpc) is 2.83. The van der Waals surface area contributed by atoms with Crippen LogP contribution in [0.3, 0.4) is 0 Å². The van der Waals surface area contributed by atoms with Gasteiger partial charge in [0.25, 0.3) is 0 Å². The first-order valence-corrected chi connectivity index (χ1v) is 4.64. The number of hydrogen-bond acceptors (Lipinski definition) is 3. The van der Waals surface area contributed by atoms with Gasteiger partial charge in [-0.15, -0.1) is 0 Å². The van der Waals surface area contributed by atoms with E-state index in [-0.39, 0.29) is 11.9 Å². The molecule has 0 aromatic rings. The summed E-state index contributed by atoms with van der Waals surface area (Å²) in [5, 5.41) is 3.29. The fourth-order valence-electron chi connectivity index (χ4n) is 0.999. The summed E-state index contributed by atoms with van der Waals surface area (Å²) in [4.78, 5) is 11.1. The van der Waals surface area contributed by atoms with E-state index < -0.39 is 0 Å². The molecule has 12 heavy (non-hydrogen) atoms. The van der Waals surface area contributed by atoms with Gasteiger partial charge in [0.2, 0.25) is 0 Å². The highest BCUT2D eigenvalue weighted by Gasteiger charge is 2.22. The van der Waals surface area contributed by atoms with Crippen molar-refractivity contribution >= 4 is 5.97 Å². The third-order valence-corrected chi connectivity index (χ3v) is 1.98. The zero-order valence-electron chi connectivity index (χ0n) is 7.80. The molecule has 0 aromatic carbocycles. The Kier molecular flexibility index (Phi) is 3.53. The summed E-state index contributed by atoms with van der Waals surface area (Å²) in [7, 11) is 0. The van der Waals surface area contributed by atoms with E-state index in [1.807, 2.05) is 13.8 Å². The molecule has 0 saturated heterocycles. The molecule has 1 saturated carbocycles. The molecule has 0 aliphatic heterocycles. The van der Waals surface area contributed by atoms with E-state index in [9.17, 15) is 4.79 Å². The number of carbonyl (C=O) groups excluding carboxylic acids is 1. The topological polar surface area (TPSA) is 38.3 Å². The molecule has 1 aliphatic carbocycles. The Morgan fingerprint density at radius 1 is 1.67 bits per heavy atom. The van der Waals surface area contributed by atoms with Gasteiger partial charge in [-0.2, -0.15) is 0 Å². The highest BCUT2D eigenvalue weighted by atomic mass is 16.5. The second-order valence-electron chi connectivity index (χ2n) is 3.34. The van der Waals surface area contributed by atoms with Gasteiger partial charge >= 0.3 is 5.97 Å². The van der Waals surface area contributed by atoms with Gasteiger partial charge in [0.1, 0.15) is 0 Å². The lowest BCUT2D eigenvalue weighted by Gasteiger charge is -2.10. The quantitative estimate of drug-likeness (QED) is 0.625. The molecule has 0 heterocycles. The number of ether oxygens (including phenoxy) is 1. The van der Waals surface area contributed by atoms with Crippen LogP contribution in [0.15, 0.2) is 0 Å². The molecule has 0 spiro atoms. The lowest BCUT2D eigenvalue weighted by Crippen LogP contribution is -2.29. The van der Waals surface area contributed by atoms with Gasteiger partial charge in [-0.05, 0) is 19.8 Å². The first-order chi connectivity index (χ1) is 5.74. The Labute approximate surface area is 73.5 Å². The molecule has 3 heteroatoms. The monoisotopic (exact) mass is 171 g/mol. The highest BCUT2D eigenvalue weighted by Crippen LogP contribution is 2.18. The van der Waals surface area contributed by atoms with Crippen molar-refractivity contribution in [2.24, 2.45) is 5.92 Å². The Morgan fingerprint density at radius 3 is 2.83 bits per heavy atom. The van der Waals surface area contributed by atoms with Gasteiger partial charge in [-0.1, -0.05) is 6.92 Å². The van der Waals surface area contributed by atoms with Crippen LogP contribution in [0.1, 0.15) is 26.7 Å². The van der Waals surface area contributed by atoms with Gasteiger partial charge in [0.05, 0.1) is 12.5 Å². The maximum absolute atomic E-state index is 11.1. The molecule has 3 nitrogen and oxygen atoms in total. The largest absolute Gasteiger partial charge is 0.466 e. The Bertz CT molecular complexity index is 155. The first kappa shape index (κ1) is 9.52. The number of nitrogens with one attached hydrogen (secondary N) is 1. The molecule has 0 bridgehead atoms. The van der Waals surface area contributed by atoms with E-state index in [0.717, 1.165) is 6.54 Å². The number of rotatable bonds is 5. The van der Waals surface area contributed by atoms with Gasteiger partial charge in [-0.25, -0.2) is 0 Å². The minimum Gasteiger partial charge on any atom is -0.466 e. The van der Waals surface area contributed by atoms with E-state index in [1.54, 1.807) is 0 Å². The summed E-state index contributed by atoms with van der Waals surface area (Å²) in [5.74, 6) is -0.101. The minimum atomic E-state index is -0.0920. The molecular weight excluding hydrogens is 154 g/mol. The van der Waals surface area contributed by atoms with E-state index in [1.165, 1.54) is 12.8 Å². The zero-order chi connectivity index (χ0) is 8.97. The fraction of sp³-hybridized carbons (Fsp3) is 0.889. The minimum absolute atomic E-state index is 0.00875. The van der Waals surface area contributed by atoms with Crippen LogP contribution in [0, 0.1) is 5.92 Å². The molecule has 70 valence electrons. The predicted molar refractivity (Wildman–Crippen MR) is 46.8 cm³/mol. The SMILES string of the molecule is CCOC(=O)[C@@H](C)CNC1CC1. The van der Waals surface area contributed by atoms with Crippen molar-refractivity contribution in [2.45, 2.75) is 32.7 Å². The van der Waals surface area contributed by atoms with Crippen LogP contribution >= 0.6 is 0 Å². The molecule has 0 aromatic heterocycles. The smallest absolute Gasteiger partial charge is 0.309 e. The predicted octanol–water partition coefficient (Wildman–Crippen LogP) is 0.938. The molecule has 1 fully saturated rings. The Balaban J connectivity index is 2.07. The van der Waals surface area contributed by atoms with Gasteiger partial charge in [-0.3, -0.25) is 4.79 Å². The van der Waals surface area contributed by atoms with Gasteiger partial charge in [0, 0.05) is 12.6 Å². The van der Waals surface area contributed by atoms with Crippen LogP contribution in [-0.2, 0) is 9.53 Å². The van der Waals surface area contributed by atoms with Crippen molar-refractivity contribution in [3.8, 4) is 0 Å². The normalized spacial score (nSPS) is 18.8. The van der Waals surface area contributed by atoms with E-state index in [4.69, 9.17) is 4.74 Å². The fourth-order valence-corrected chi connectivity index (χ4v) is 0.999. The summed E-state index contributed by atoms with van der Waals surface area (Å²) in [5.41, 5.74) is 0.